The zero-order valence-corrected chi connectivity index (χ0v) is 11.7. The molecule has 3 rings (SSSR count). The maximum absolute atomic E-state index is 12.2. The first-order valence-electron chi connectivity index (χ1n) is 7.23. The van der Waals surface area contributed by atoms with Crippen molar-refractivity contribution in [2.45, 2.75) is 51.0 Å². The lowest BCUT2D eigenvalue weighted by Gasteiger charge is -2.26. The molecule has 3 nitrogen and oxygen atoms in total. The van der Waals surface area contributed by atoms with Crippen molar-refractivity contribution < 1.29 is 9.53 Å². The third-order valence-electron chi connectivity index (χ3n) is 4.49. The van der Waals surface area contributed by atoms with E-state index in [4.69, 9.17) is 4.74 Å². The molecule has 102 valence electrons. The third-order valence-corrected chi connectivity index (χ3v) is 4.49. The van der Waals surface area contributed by atoms with Crippen LogP contribution >= 0.6 is 0 Å². The number of carbonyl (C=O) groups excluding carboxylic acids is 1. The van der Waals surface area contributed by atoms with Crippen LogP contribution in [0.3, 0.4) is 0 Å². The van der Waals surface area contributed by atoms with E-state index in [-0.39, 0.29) is 11.9 Å². The van der Waals surface area contributed by atoms with Gasteiger partial charge >= 0.3 is 0 Å². The zero-order valence-electron chi connectivity index (χ0n) is 11.7. The first kappa shape index (κ1) is 12.5. The molecule has 1 fully saturated rings. The van der Waals surface area contributed by atoms with Crippen LogP contribution in [0.1, 0.15) is 55.5 Å². The molecule has 1 aliphatic carbocycles. The fourth-order valence-corrected chi connectivity index (χ4v) is 2.78. The predicted molar refractivity (Wildman–Crippen MR) is 74.7 cm³/mol. The normalized spacial score (nSPS) is 20.3. The van der Waals surface area contributed by atoms with Crippen molar-refractivity contribution in [1.29, 1.82) is 0 Å². The molecule has 1 aliphatic heterocycles. The smallest absolute Gasteiger partial charge is 0.251 e. The Morgan fingerprint density at radius 2 is 2.21 bits per heavy atom. The fourth-order valence-electron chi connectivity index (χ4n) is 2.78. The molecule has 1 atom stereocenters. The molecule has 0 unspecified atom stereocenters. The highest BCUT2D eigenvalue weighted by Gasteiger charge is 2.47. The number of ether oxygens (including phenoxy) is 1. The molecule has 1 spiro atoms. The number of nitrogens with one attached hydrogen (secondary N) is 1. The van der Waals surface area contributed by atoms with Crippen molar-refractivity contribution in [3.05, 3.63) is 29.3 Å². The Morgan fingerprint density at radius 3 is 2.89 bits per heavy atom. The summed E-state index contributed by atoms with van der Waals surface area (Å²) >= 11 is 0. The Bertz CT molecular complexity index is 505. The number of carbonyl (C=O) groups is 1. The highest BCUT2D eigenvalue weighted by atomic mass is 16.5. The maximum Gasteiger partial charge on any atom is 0.251 e. The second-order valence-corrected chi connectivity index (χ2v) is 5.87. The molecule has 1 amide bonds. The topological polar surface area (TPSA) is 38.3 Å². The molecule has 1 saturated carbocycles. The van der Waals surface area contributed by atoms with Crippen LogP contribution in [0, 0.1) is 0 Å². The molecule has 1 N–H and O–H groups in total. The molecule has 2 aliphatic rings. The van der Waals surface area contributed by atoms with Gasteiger partial charge in [0.2, 0.25) is 0 Å². The molecule has 1 aromatic rings. The summed E-state index contributed by atoms with van der Waals surface area (Å²) in [5.74, 6) is 1.00. The molecule has 0 aromatic heterocycles. The van der Waals surface area contributed by atoms with E-state index >= 15 is 0 Å². The summed E-state index contributed by atoms with van der Waals surface area (Å²) in [6.45, 7) is 4.91. The molecule has 0 bridgehead atoms. The van der Waals surface area contributed by atoms with Gasteiger partial charge in [0.05, 0.1) is 6.61 Å². The SMILES string of the molecule is CC[C@H](C)NC(=O)c1ccc2c(c1)C1(CCO2)CC1. The van der Waals surface area contributed by atoms with E-state index in [1.165, 1.54) is 18.4 Å². The van der Waals surface area contributed by atoms with E-state index < -0.39 is 0 Å². The highest BCUT2D eigenvalue weighted by Crippen LogP contribution is 2.55. The molecule has 0 saturated heterocycles. The molecule has 1 aromatic carbocycles. The minimum Gasteiger partial charge on any atom is -0.493 e. The van der Waals surface area contributed by atoms with E-state index in [1.807, 2.05) is 25.1 Å². The van der Waals surface area contributed by atoms with Crippen molar-refractivity contribution in [2.75, 3.05) is 6.61 Å². The standard InChI is InChI=1S/C16H21NO2/c1-3-11(2)17-15(18)12-4-5-14-13(10-12)16(6-7-16)8-9-19-14/h4-5,10-11H,3,6-9H2,1-2H3,(H,17,18)/t11-/m0/s1. The Kier molecular flexibility index (Phi) is 3.00. The number of hydrogen-bond donors (Lipinski definition) is 1. The van der Waals surface area contributed by atoms with E-state index in [9.17, 15) is 4.79 Å². The van der Waals surface area contributed by atoms with Crippen LogP contribution in [0.5, 0.6) is 5.75 Å². The highest BCUT2D eigenvalue weighted by molar-refractivity contribution is 5.94. The second kappa shape index (κ2) is 4.55. The lowest BCUT2D eigenvalue weighted by molar-refractivity contribution is 0.0939. The lowest BCUT2D eigenvalue weighted by Crippen LogP contribution is -2.32. The maximum atomic E-state index is 12.2. The zero-order chi connectivity index (χ0) is 13.5. The molecular formula is C16H21NO2. The lowest BCUT2D eigenvalue weighted by atomic mass is 9.88. The van der Waals surface area contributed by atoms with Gasteiger partial charge in [-0.2, -0.15) is 0 Å². The van der Waals surface area contributed by atoms with Gasteiger partial charge in [-0.05, 0) is 50.8 Å². The average molecular weight is 259 g/mol. The van der Waals surface area contributed by atoms with Gasteiger partial charge in [-0.1, -0.05) is 6.92 Å². The Labute approximate surface area is 114 Å². The first-order valence-corrected chi connectivity index (χ1v) is 7.23. The number of hydrogen-bond acceptors (Lipinski definition) is 2. The van der Waals surface area contributed by atoms with Gasteiger partial charge in [0.1, 0.15) is 5.75 Å². The van der Waals surface area contributed by atoms with Gasteiger partial charge < -0.3 is 10.1 Å². The van der Waals surface area contributed by atoms with Gasteiger partial charge in [-0.3, -0.25) is 4.79 Å². The van der Waals surface area contributed by atoms with Crippen molar-refractivity contribution >= 4 is 5.91 Å². The summed E-state index contributed by atoms with van der Waals surface area (Å²) in [5, 5.41) is 3.02. The molecule has 0 radical (unpaired) electrons. The van der Waals surface area contributed by atoms with Crippen LogP contribution in [-0.4, -0.2) is 18.6 Å². The number of rotatable bonds is 3. The number of fused-ring (bicyclic) bond motifs is 2. The molecule has 19 heavy (non-hydrogen) atoms. The molecule has 3 heteroatoms. The summed E-state index contributed by atoms with van der Waals surface area (Å²) in [4.78, 5) is 12.2. The van der Waals surface area contributed by atoms with E-state index in [1.54, 1.807) is 0 Å². The first-order chi connectivity index (χ1) is 9.14. The molecular weight excluding hydrogens is 238 g/mol. The van der Waals surface area contributed by atoms with Crippen molar-refractivity contribution in [3.63, 3.8) is 0 Å². The van der Waals surface area contributed by atoms with Gasteiger partial charge in [0, 0.05) is 22.6 Å². The van der Waals surface area contributed by atoms with E-state index in [0.717, 1.165) is 30.8 Å². The van der Waals surface area contributed by atoms with Crippen LogP contribution in [0.2, 0.25) is 0 Å². The van der Waals surface area contributed by atoms with E-state index in [2.05, 4.69) is 12.2 Å². The van der Waals surface area contributed by atoms with Gasteiger partial charge in [0.25, 0.3) is 5.91 Å². The van der Waals surface area contributed by atoms with Crippen molar-refractivity contribution in [1.82, 2.24) is 5.32 Å². The number of benzene rings is 1. The van der Waals surface area contributed by atoms with Crippen LogP contribution in [0.25, 0.3) is 0 Å². The molecule has 1 heterocycles. The summed E-state index contributed by atoms with van der Waals surface area (Å²) in [7, 11) is 0. The third kappa shape index (κ3) is 2.22. The van der Waals surface area contributed by atoms with Crippen LogP contribution in [-0.2, 0) is 5.41 Å². The Morgan fingerprint density at radius 1 is 1.42 bits per heavy atom. The van der Waals surface area contributed by atoms with Crippen molar-refractivity contribution in [3.8, 4) is 5.75 Å². The average Bonchev–Trinajstić information content (AvgIpc) is 3.19. The summed E-state index contributed by atoms with van der Waals surface area (Å²) in [5.41, 5.74) is 2.33. The van der Waals surface area contributed by atoms with Crippen LogP contribution < -0.4 is 10.1 Å². The minimum atomic E-state index is 0.0264. The minimum absolute atomic E-state index is 0.0264. The summed E-state index contributed by atoms with van der Waals surface area (Å²) < 4.78 is 5.70. The number of amides is 1. The Hall–Kier alpha value is -1.51. The Balaban J connectivity index is 1.86. The summed E-state index contributed by atoms with van der Waals surface area (Å²) in [6.07, 6.45) is 4.51. The van der Waals surface area contributed by atoms with Gasteiger partial charge in [-0.15, -0.1) is 0 Å². The monoisotopic (exact) mass is 259 g/mol. The van der Waals surface area contributed by atoms with Gasteiger partial charge in [-0.25, -0.2) is 0 Å². The quantitative estimate of drug-likeness (QED) is 0.906. The van der Waals surface area contributed by atoms with Crippen molar-refractivity contribution in [2.24, 2.45) is 0 Å². The second-order valence-electron chi connectivity index (χ2n) is 5.87. The largest absolute Gasteiger partial charge is 0.493 e. The fraction of sp³-hybridized carbons (Fsp3) is 0.562. The van der Waals surface area contributed by atoms with Crippen LogP contribution in [0.4, 0.5) is 0 Å². The van der Waals surface area contributed by atoms with E-state index in [0.29, 0.717) is 5.41 Å². The summed E-state index contributed by atoms with van der Waals surface area (Å²) in [6, 6.07) is 6.09. The predicted octanol–water partition coefficient (Wildman–Crippen LogP) is 3.03. The van der Waals surface area contributed by atoms with Gasteiger partial charge in [0.15, 0.2) is 0 Å². The van der Waals surface area contributed by atoms with Crippen LogP contribution in [0.15, 0.2) is 18.2 Å².